The second-order valence-corrected chi connectivity index (χ2v) is 5.10. The Balaban J connectivity index is 1.97. The maximum atomic E-state index is 13.4. The van der Waals surface area contributed by atoms with Crippen molar-refractivity contribution in [3.8, 4) is 0 Å². The van der Waals surface area contributed by atoms with Crippen molar-refractivity contribution in [1.29, 1.82) is 0 Å². The van der Waals surface area contributed by atoms with Crippen LogP contribution in [0.3, 0.4) is 0 Å². The van der Waals surface area contributed by atoms with Crippen molar-refractivity contribution in [2.24, 2.45) is 5.84 Å². The van der Waals surface area contributed by atoms with Crippen LogP contribution in [0.2, 0.25) is 0 Å². The predicted octanol–water partition coefficient (Wildman–Crippen LogP) is 3.66. The lowest BCUT2D eigenvalue weighted by Crippen LogP contribution is -2.28. The lowest BCUT2D eigenvalue weighted by molar-refractivity contribution is 0.493. The van der Waals surface area contributed by atoms with E-state index >= 15 is 0 Å². The fourth-order valence-electron chi connectivity index (χ4n) is 2.47. The van der Waals surface area contributed by atoms with E-state index in [2.05, 4.69) is 17.6 Å². The van der Waals surface area contributed by atoms with Crippen LogP contribution in [0.4, 0.5) is 4.39 Å². The molecule has 1 atom stereocenters. The Bertz CT molecular complexity index is 540. The van der Waals surface area contributed by atoms with Crippen LogP contribution in [0.25, 0.3) is 0 Å². The third-order valence-electron chi connectivity index (χ3n) is 3.62. The van der Waals surface area contributed by atoms with E-state index in [9.17, 15) is 4.39 Å². The number of hydrogen-bond acceptors (Lipinski definition) is 2. The molecule has 0 aromatic heterocycles. The second-order valence-electron chi connectivity index (χ2n) is 5.10. The van der Waals surface area contributed by atoms with Crippen molar-refractivity contribution in [3.05, 3.63) is 71.0 Å². The Morgan fingerprint density at radius 1 is 1.15 bits per heavy atom. The lowest BCUT2D eigenvalue weighted by atomic mass is 9.96. The predicted molar refractivity (Wildman–Crippen MR) is 80.6 cm³/mol. The molecular formula is C17H21FN2. The van der Waals surface area contributed by atoms with E-state index in [1.807, 2.05) is 25.1 Å². The van der Waals surface area contributed by atoms with Crippen LogP contribution in [0, 0.1) is 12.7 Å². The van der Waals surface area contributed by atoms with Gasteiger partial charge in [-0.15, -0.1) is 0 Å². The third-order valence-corrected chi connectivity index (χ3v) is 3.62. The summed E-state index contributed by atoms with van der Waals surface area (Å²) in [7, 11) is 0. The van der Waals surface area contributed by atoms with Gasteiger partial charge in [0.2, 0.25) is 0 Å². The van der Waals surface area contributed by atoms with Crippen molar-refractivity contribution in [2.45, 2.75) is 32.2 Å². The molecule has 2 aromatic carbocycles. The van der Waals surface area contributed by atoms with Gasteiger partial charge in [0.05, 0.1) is 0 Å². The number of nitrogens with two attached hydrogens (primary N) is 1. The van der Waals surface area contributed by atoms with Gasteiger partial charge in [0, 0.05) is 6.04 Å². The van der Waals surface area contributed by atoms with Crippen LogP contribution < -0.4 is 11.3 Å². The Labute approximate surface area is 119 Å². The first-order valence-corrected chi connectivity index (χ1v) is 6.97. The number of rotatable bonds is 6. The zero-order valence-electron chi connectivity index (χ0n) is 11.8. The van der Waals surface area contributed by atoms with E-state index in [1.165, 1.54) is 11.6 Å². The third kappa shape index (κ3) is 3.89. The number of halogens is 1. The highest BCUT2D eigenvalue weighted by Crippen LogP contribution is 2.23. The Morgan fingerprint density at radius 2 is 1.90 bits per heavy atom. The molecular weight excluding hydrogens is 251 g/mol. The molecule has 0 radical (unpaired) electrons. The maximum Gasteiger partial charge on any atom is 0.123 e. The molecule has 0 heterocycles. The molecule has 106 valence electrons. The molecule has 2 aromatic rings. The molecule has 2 rings (SSSR count). The molecule has 3 heteroatoms. The fraction of sp³-hybridized carbons (Fsp3) is 0.294. The van der Waals surface area contributed by atoms with Crippen LogP contribution in [-0.2, 0) is 6.42 Å². The average molecular weight is 272 g/mol. The molecule has 0 aliphatic carbocycles. The topological polar surface area (TPSA) is 38.0 Å². The largest absolute Gasteiger partial charge is 0.271 e. The number of hydrazine groups is 1. The molecule has 0 spiro atoms. The summed E-state index contributed by atoms with van der Waals surface area (Å²) in [6, 6.07) is 15.2. The highest BCUT2D eigenvalue weighted by molar-refractivity contribution is 5.29. The summed E-state index contributed by atoms with van der Waals surface area (Å²) < 4.78 is 13.4. The molecule has 2 nitrogen and oxygen atoms in total. The first kappa shape index (κ1) is 14.7. The van der Waals surface area contributed by atoms with Crippen LogP contribution in [-0.4, -0.2) is 0 Å². The number of aryl methyl sites for hydroxylation is 2. The van der Waals surface area contributed by atoms with E-state index in [0.29, 0.717) is 0 Å². The number of nitrogens with one attached hydrogen (secondary N) is 1. The van der Waals surface area contributed by atoms with Crippen molar-refractivity contribution in [3.63, 3.8) is 0 Å². The summed E-state index contributed by atoms with van der Waals surface area (Å²) in [5, 5.41) is 0. The fourth-order valence-corrected chi connectivity index (χ4v) is 2.47. The molecule has 20 heavy (non-hydrogen) atoms. The van der Waals surface area contributed by atoms with Gasteiger partial charge in [0.25, 0.3) is 0 Å². The monoisotopic (exact) mass is 272 g/mol. The minimum Gasteiger partial charge on any atom is -0.271 e. The van der Waals surface area contributed by atoms with E-state index < -0.39 is 0 Å². The molecule has 0 saturated heterocycles. The lowest BCUT2D eigenvalue weighted by Gasteiger charge is -2.18. The Kier molecular flexibility index (Phi) is 5.27. The molecule has 0 aliphatic heterocycles. The first-order chi connectivity index (χ1) is 9.70. The standard InChI is InChI=1S/C17H21FN2/c1-13-10-11-15(18)12-16(13)17(20-19)9-5-8-14-6-3-2-4-7-14/h2-4,6-7,10-12,17,20H,5,8-9,19H2,1H3. The van der Waals surface area contributed by atoms with Crippen molar-refractivity contribution < 1.29 is 4.39 Å². The molecule has 1 unspecified atom stereocenters. The van der Waals surface area contributed by atoms with Crippen molar-refractivity contribution in [1.82, 2.24) is 5.43 Å². The molecule has 0 amide bonds. The smallest absolute Gasteiger partial charge is 0.123 e. The van der Waals surface area contributed by atoms with Crippen LogP contribution in [0.15, 0.2) is 48.5 Å². The van der Waals surface area contributed by atoms with Crippen LogP contribution in [0.5, 0.6) is 0 Å². The summed E-state index contributed by atoms with van der Waals surface area (Å²) in [6.07, 6.45) is 2.90. The SMILES string of the molecule is Cc1ccc(F)cc1C(CCCc1ccccc1)NN. The van der Waals surface area contributed by atoms with Gasteiger partial charge in [-0.25, -0.2) is 4.39 Å². The zero-order chi connectivity index (χ0) is 14.4. The molecule has 0 bridgehead atoms. The van der Waals surface area contributed by atoms with Gasteiger partial charge in [-0.1, -0.05) is 36.4 Å². The van der Waals surface area contributed by atoms with Gasteiger partial charge in [-0.05, 0) is 55.0 Å². The van der Waals surface area contributed by atoms with Gasteiger partial charge >= 0.3 is 0 Å². The molecule has 0 aliphatic rings. The zero-order valence-corrected chi connectivity index (χ0v) is 11.8. The average Bonchev–Trinajstić information content (AvgIpc) is 2.48. The summed E-state index contributed by atoms with van der Waals surface area (Å²) in [4.78, 5) is 0. The minimum atomic E-state index is -0.214. The van der Waals surface area contributed by atoms with Crippen LogP contribution >= 0.6 is 0 Å². The number of hydrogen-bond donors (Lipinski definition) is 2. The number of benzene rings is 2. The molecule has 3 N–H and O–H groups in total. The Hall–Kier alpha value is -1.71. The van der Waals surface area contributed by atoms with Gasteiger partial charge < -0.3 is 0 Å². The molecule has 0 saturated carbocycles. The van der Waals surface area contributed by atoms with E-state index in [-0.39, 0.29) is 11.9 Å². The van der Waals surface area contributed by atoms with Gasteiger partial charge in [0.15, 0.2) is 0 Å². The summed E-state index contributed by atoms with van der Waals surface area (Å²) in [5.74, 6) is 5.42. The summed E-state index contributed by atoms with van der Waals surface area (Å²) in [5.41, 5.74) is 6.13. The van der Waals surface area contributed by atoms with E-state index in [4.69, 9.17) is 5.84 Å². The minimum absolute atomic E-state index is 0.00517. The van der Waals surface area contributed by atoms with Gasteiger partial charge in [-0.2, -0.15) is 0 Å². The quantitative estimate of drug-likeness (QED) is 0.622. The van der Waals surface area contributed by atoms with E-state index in [1.54, 1.807) is 12.1 Å². The van der Waals surface area contributed by atoms with Gasteiger partial charge in [-0.3, -0.25) is 11.3 Å². The van der Waals surface area contributed by atoms with Crippen molar-refractivity contribution >= 4 is 0 Å². The second kappa shape index (κ2) is 7.17. The van der Waals surface area contributed by atoms with Crippen LogP contribution in [0.1, 0.15) is 35.6 Å². The normalized spacial score (nSPS) is 12.3. The van der Waals surface area contributed by atoms with Crippen molar-refractivity contribution in [2.75, 3.05) is 0 Å². The maximum absolute atomic E-state index is 13.4. The highest BCUT2D eigenvalue weighted by Gasteiger charge is 2.12. The Morgan fingerprint density at radius 3 is 2.60 bits per heavy atom. The first-order valence-electron chi connectivity index (χ1n) is 6.97. The summed E-state index contributed by atoms with van der Waals surface area (Å²) in [6.45, 7) is 1.98. The van der Waals surface area contributed by atoms with Gasteiger partial charge in [0.1, 0.15) is 5.82 Å². The highest BCUT2D eigenvalue weighted by atomic mass is 19.1. The summed E-state index contributed by atoms with van der Waals surface area (Å²) >= 11 is 0. The van der Waals surface area contributed by atoms with E-state index in [0.717, 1.165) is 30.4 Å². The molecule has 0 fully saturated rings.